The Morgan fingerprint density at radius 1 is 1.30 bits per heavy atom. The molecule has 1 rings (SSSR count). The second kappa shape index (κ2) is 6.32. The van der Waals surface area contributed by atoms with Gasteiger partial charge < -0.3 is 20.2 Å². The summed E-state index contributed by atoms with van der Waals surface area (Å²) in [6, 6.07) is -1.08. The van der Waals surface area contributed by atoms with Crippen molar-refractivity contribution in [2.75, 3.05) is 6.54 Å². The lowest BCUT2D eigenvalue weighted by molar-refractivity contribution is -0.204. The van der Waals surface area contributed by atoms with Crippen LogP contribution in [0.25, 0.3) is 0 Å². The van der Waals surface area contributed by atoms with Gasteiger partial charge in [0.1, 0.15) is 6.04 Å². The number of piperidine rings is 1. The fourth-order valence-corrected chi connectivity index (χ4v) is 2.23. The number of carboxylic acids is 1. The Kier molecular flexibility index (Phi) is 5.24. The molecule has 7 heteroatoms. The molecule has 1 aliphatic rings. The summed E-state index contributed by atoms with van der Waals surface area (Å²) < 4.78 is 0. The summed E-state index contributed by atoms with van der Waals surface area (Å²) in [4.78, 5) is 36.1. The minimum atomic E-state index is -2.76. The molecule has 0 radical (unpaired) electrons. The number of aliphatic hydroxyl groups is 2. The summed E-state index contributed by atoms with van der Waals surface area (Å²) in [7, 11) is 0. The number of hydrogen-bond donors (Lipinski definition) is 3. The summed E-state index contributed by atoms with van der Waals surface area (Å²) in [5.74, 6) is -7.25. The molecule has 0 aromatic rings. The molecule has 0 aromatic carbocycles. The molecule has 1 aliphatic heterocycles. The van der Waals surface area contributed by atoms with Crippen LogP contribution in [0.15, 0.2) is 0 Å². The van der Waals surface area contributed by atoms with Gasteiger partial charge in [0.25, 0.3) is 11.7 Å². The van der Waals surface area contributed by atoms with E-state index in [-0.39, 0.29) is 13.0 Å². The fraction of sp³-hybridized carbons (Fsp3) is 0.769. The molecule has 0 spiro atoms. The van der Waals surface area contributed by atoms with E-state index in [0.29, 0.717) is 19.3 Å². The van der Waals surface area contributed by atoms with Crippen molar-refractivity contribution in [2.45, 2.75) is 51.4 Å². The van der Waals surface area contributed by atoms with Crippen LogP contribution in [0.4, 0.5) is 0 Å². The summed E-state index contributed by atoms with van der Waals surface area (Å²) >= 11 is 0. The van der Waals surface area contributed by atoms with Crippen molar-refractivity contribution in [2.24, 2.45) is 5.92 Å². The number of aliphatic carboxylic acids is 1. The van der Waals surface area contributed by atoms with E-state index in [1.54, 1.807) is 6.92 Å². The first-order valence-corrected chi connectivity index (χ1v) is 6.76. The highest BCUT2D eigenvalue weighted by Gasteiger charge is 2.46. The lowest BCUT2D eigenvalue weighted by atomic mass is 9.92. The molecule has 1 heterocycles. The minimum Gasteiger partial charge on any atom is -0.480 e. The van der Waals surface area contributed by atoms with E-state index in [1.807, 2.05) is 0 Å². The van der Waals surface area contributed by atoms with Crippen LogP contribution in [-0.4, -0.2) is 56.3 Å². The maximum atomic E-state index is 12.1. The van der Waals surface area contributed by atoms with Gasteiger partial charge >= 0.3 is 5.97 Å². The summed E-state index contributed by atoms with van der Waals surface area (Å²) in [6.45, 7) is 3.23. The van der Waals surface area contributed by atoms with Crippen LogP contribution < -0.4 is 0 Å². The first kappa shape index (κ1) is 16.6. The van der Waals surface area contributed by atoms with Crippen molar-refractivity contribution in [3.8, 4) is 0 Å². The molecule has 0 bridgehead atoms. The van der Waals surface area contributed by atoms with Crippen LogP contribution in [0.1, 0.15) is 39.5 Å². The fourth-order valence-electron chi connectivity index (χ4n) is 2.23. The molecule has 20 heavy (non-hydrogen) atoms. The number of carbonyl (C=O) groups excluding carboxylic acids is 2. The highest BCUT2D eigenvalue weighted by molar-refractivity contribution is 6.39. The zero-order valence-corrected chi connectivity index (χ0v) is 11.7. The molecule has 1 amide bonds. The van der Waals surface area contributed by atoms with E-state index in [9.17, 15) is 24.6 Å². The van der Waals surface area contributed by atoms with Gasteiger partial charge in [0, 0.05) is 12.5 Å². The van der Waals surface area contributed by atoms with Gasteiger partial charge in [-0.2, -0.15) is 0 Å². The number of Topliss-reactive ketones (excluding diaryl/α,β-unsaturated/α-hetero) is 1. The number of likely N-dealkylation sites (tertiary alicyclic amines) is 1. The molecule has 0 aliphatic carbocycles. The molecular weight excluding hydrogens is 266 g/mol. The number of rotatable bonds is 5. The first-order valence-electron chi connectivity index (χ1n) is 6.76. The van der Waals surface area contributed by atoms with E-state index in [0.717, 1.165) is 4.90 Å². The van der Waals surface area contributed by atoms with Crippen LogP contribution in [0, 0.1) is 5.92 Å². The van der Waals surface area contributed by atoms with Gasteiger partial charge in [-0.1, -0.05) is 13.8 Å². The Balaban J connectivity index is 2.92. The molecule has 3 N–H and O–H groups in total. The number of amides is 1. The summed E-state index contributed by atoms with van der Waals surface area (Å²) in [5.41, 5.74) is 0. The maximum Gasteiger partial charge on any atom is 0.326 e. The van der Waals surface area contributed by atoms with Gasteiger partial charge in [0.15, 0.2) is 0 Å². The molecule has 2 atom stereocenters. The van der Waals surface area contributed by atoms with Crippen LogP contribution in [0.5, 0.6) is 0 Å². The molecule has 7 nitrogen and oxygen atoms in total. The molecule has 0 unspecified atom stereocenters. The zero-order valence-electron chi connectivity index (χ0n) is 11.7. The van der Waals surface area contributed by atoms with Gasteiger partial charge in [-0.05, 0) is 25.7 Å². The predicted octanol–water partition coefficient (Wildman–Crippen LogP) is -0.252. The predicted molar refractivity (Wildman–Crippen MR) is 68.6 cm³/mol. The van der Waals surface area contributed by atoms with Gasteiger partial charge in [0.05, 0.1) is 0 Å². The third-order valence-corrected chi connectivity index (χ3v) is 3.88. The lowest BCUT2D eigenvalue weighted by Gasteiger charge is -2.34. The van der Waals surface area contributed by atoms with E-state index in [2.05, 4.69) is 0 Å². The van der Waals surface area contributed by atoms with E-state index >= 15 is 0 Å². The van der Waals surface area contributed by atoms with Crippen molar-refractivity contribution in [1.82, 2.24) is 4.90 Å². The zero-order chi connectivity index (χ0) is 15.5. The SMILES string of the molecule is CC[C@@H](C)C(O)(O)C(=O)C(=O)N1CCCC[C@H]1C(=O)O. The number of carboxylic acid groups (broad SMARTS) is 1. The van der Waals surface area contributed by atoms with E-state index in [4.69, 9.17) is 5.11 Å². The molecule has 114 valence electrons. The monoisotopic (exact) mass is 287 g/mol. The third-order valence-electron chi connectivity index (χ3n) is 3.88. The van der Waals surface area contributed by atoms with Crippen LogP contribution in [0.2, 0.25) is 0 Å². The average Bonchev–Trinajstić information content (AvgIpc) is 2.44. The van der Waals surface area contributed by atoms with Gasteiger partial charge in [-0.25, -0.2) is 4.79 Å². The van der Waals surface area contributed by atoms with Crippen molar-refractivity contribution < 1.29 is 29.7 Å². The van der Waals surface area contributed by atoms with Gasteiger partial charge in [-0.15, -0.1) is 0 Å². The Labute approximate surface area is 117 Å². The molecular formula is C13H21NO6. The summed E-state index contributed by atoms with van der Waals surface area (Å²) in [5, 5.41) is 28.6. The van der Waals surface area contributed by atoms with Gasteiger partial charge in [0.2, 0.25) is 5.79 Å². The second-order valence-electron chi connectivity index (χ2n) is 5.21. The van der Waals surface area contributed by atoms with Gasteiger partial charge in [-0.3, -0.25) is 9.59 Å². The minimum absolute atomic E-state index is 0.137. The quantitative estimate of drug-likeness (QED) is 0.474. The number of carbonyl (C=O) groups is 3. The number of ketones is 1. The maximum absolute atomic E-state index is 12.1. The van der Waals surface area contributed by atoms with E-state index < -0.39 is 35.4 Å². The van der Waals surface area contributed by atoms with Crippen molar-refractivity contribution in [3.05, 3.63) is 0 Å². The Morgan fingerprint density at radius 3 is 2.40 bits per heavy atom. The molecule has 1 fully saturated rings. The van der Waals surface area contributed by atoms with Crippen molar-refractivity contribution in [1.29, 1.82) is 0 Å². The number of nitrogens with zero attached hydrogens (tertiary/aromatic N) is 1. The van der Waals surface area contributed by atoms with Crippen LogP contribution in [0.3, 0.4) is 0 Å². The topological polar surface area (TPSA) is 115 Å². The van der Waals surface area contributed by atoms with Crippen LogP contribution in [-0.2, 0) is 14.4 Å². The highest BCUT2D eigenvalue weighted by Crippen LogP contribution is 2.23. The Morgan fingerprint density at radius 2 is 1.90 bits per heavy atom. The smallest absolute Gasteiger partial charge is 0.326 e. The third kappa shape index (κ3) is 3.16. The van der Waals surface area contributed by atoms with Crippen molar-refractivity contribution in [3.63, 3.8) is 0 Å². The molecule has 1 saturated heterocycles. The Hall–Kier alpha value is -1.47. The lowest BCUT2D eigenvalue weighted by Crippen LogP contribution is -2.57. The van der Waals surface area contributed by atoms with Crippen molar-refractivity contribution >= 4 is 17.7 Å². The van der Waals surface area contributed by atoms with Crippen LogP contribution >= 0.6 is 0 Å². The molecule has 0 saturated carbocycles. The Bertz CT molecular complexity index is 406. The standard InChI is InChI=1S/C13H21NO6/c1-3-8(2)13(19,20)10(15)11(16)14-7-5-4-6-9(14)12(17)18/h8-9,19-20H,3-7H2,1-2H3,(H,17,18)/t8-,9+/m1/s1. The first-order chi connectivity index (χ1) is 9.23. The second-order valence-corrected chi connectivity index (χ2v) is 5.21. The molecule has 0 aromatic heterocycles. The van der Waals surface area contributed by atoms with E-state index in [1.165, 1.54) is 6.92 Å². The average molecular weight is 287 g/mol. The normalized spacial score (nSPS) is 21.4. The highest BCUT2D eigenvalue weighted by atomic mass is 16.5. The summed E-state index contributed by atoms with van der Waals surface area (Å²) in [6.07, 6.45) is 1.82. The number of hydrogen-bond acceptors (Lipinski definition) is 5. The largest absolute Gasteiger partial charge is 0.480 e.